The van der Waals surface area contributed by atoms with Crippen molar-refractivity contribution < 1.29 is 22.4 Å². The fourth-order valence-corrected chi connectivity index (χ4v) is 2.18. The van der Waals surface area contributed by atoms with Crippen molar-refractivity contribution in [3.63, 3.8) is 0 Å². The van der Waals surface area contributed by atoms with Crippen LogP contribution in [0.25, 0.3) is 0 Å². The zero-order chi connectivity index (χ0) is 18.7. The number of alkyl halides is 3. The molecule has 0 radical (unpaired) electrons. The van der Waals surface area contributed by atoms with E-state index in [2.05, 4.69) is 10.6 Å². The minimum absolute atomic E-state index is 0.0920. The van der Waals surface area contributed by atoms with Crippen LogP contribution in [0.4, 0.5) is 17.6 Å². The summed E-state index contributed by atoms with van der Waals surface area (Å²) in [5, 5.41) is 5.88. The number of halogens is 4. The van der Waals surface area contributed by atoms with Crippen LogP contribution in [0.3, 0.4) is 0 Å². The maximum absolute atomic E-state index is 12.8. The molecule has 0 bridgehead atoms. The number of hydrogen-bond donors (Lipinski definition) is 2. The van der Waals surface area contributed by atoms with Gasteiger partial charge in [-0.15, -0.1) is 0 Å². The van der Waals surface area contributed by atoms with Gasteiger partial charge < -0.3 is 10.6 Å². The number of nitrogens with one attached hydrogen (secondary N) is 2. The molecule has 0 heterocycles. The Labute approximate surface area is 145 Å². The largest absolute Gasteiger partial charge is 0.392 e. The molecule has 0 saturated carbocycles. The minimum atomic E-state index is -4.22. The van der Waals surface area contributed by atoms with E-state index in [9.17, 15) is 22.4 Å². The fraction of sp³-hybridized carbons (Fsp3) is 0.500. The van der Waals surface area contributed by atoms with Crippen molar-refractivity contribution in [2.45, 2.75) is 51.4 Å². The van der Waals surface area contributed by atoms with E-state index in [1.807, 2.05) is 6.92 Å². The summed E-state index contributed by atoms with van der Waals surface area (Å²) in [6.45, 7) is 2.68. The van der Waals surface area contributed by atoms with E-state index < -0.39 is 12.6 Å². The van der Waals surface area contributed by atoms with E-state index in [0.717, 1.165) is 18.1 Å². The second-order valence-electron chi connectivity index (χ2n) is 5.75. The molecular weight excluding hydrogens is 336 g/mol. The van der Waals surface area contributed by atoms with Crippen LogP contribution in [0, 0.1) is 5.82 Å². The Hall–Kier alpha value is -1.89. The summed E-state index contributed by atoms with van der Waals surface area (Å²) in [4.78, 5) is 11.7. The molecule has 0 fully saturated rings. The number of carbonyl (C=O) groups is 1. The van der Waals surface area contributed by atoms with Gasteiger partial charge in [-0.05, 0) is 30.5 Å². The van der Waals surface area contributed by atoms with Crippen LogP contribution in [0.5, 0.6) is 0 Å². The average molecular weight is 360 g/mol. The standard InChI is InChI=1S/C18H24F4N2O/c1-2-16(24-13-14-5-7-15(19)8-6-14)9-10-17(25)23-12-4-3-11-18(20,21)22/h3-8,16,24H,2,9-13H2,1H3,(H,23,25)/b4-3+/t16-/m0/s1. The lowest BCUT2D eigenvalue weighted by atomic mass is 10.1. The van der Waals surface area contributed by atoms with Gasteiger partial charge in [-0.25, -0.2) is 4.39 Å². The number of rotatable bonds is 10. The van der Waals surface area contributed by atoms with Crippen LogP contribution >= 0.6 is 0 Å². The van der Waals surface area contributed by atoms with Crippen LogP contribution < -0.4 is 10.6 Å². The predicted molar refractivity (Wildman–Crippen MR) is 89.4 cm³/mol. The van der Waals surface area contributed by atoms with E-state index in [1.165, 1.54) is 18.2 Å². The van der Waals surface area contributed by atoms with E-state index in [4.69, 9.17) is 0 Å². The highest BCUT2D eigenvalue weighted by molar-refractivity contribution is 5.76. The van der Waals surface area contributed by atoms with Crippen molar-refractivity contribution in [3.8, 4) is 0 Å². The number of hydrogen-bond acceptors (Lipinski definition) is 2. The molecule has 1 aromatic rings. The van der Waals surface area contributed by atoms with Crippen LogP contribution in [-0.4, -0.2) is 24.7 Å². The molecule has 1 aromatic carbocycles. The van der Waals surface area contributed by atoms with Gasteiger partial charge in [0.2, 0.25) is 5.91 Å². The van der Waals surface area contributed by atoms with Crippen LogP contribution in [0.1, 0.15) is 38.2 Å². The molecular formula is C18H24F4N2O. The van der Waals surface area contributed by atoms with Gasteiger partial charge in [-0.2, -0.15) is 13.2 Å². The topological polar surface area (TPSA) is 41.1 Å². The Kier molecular flexibility index (Phi) is 9.20. The van der Waals surface area contributed by atoms with Gasteiger partial charge in [-0.1, -0.05) is 31.2 Å². The third-order valence-electron chi connectivity index (χ3n) is 3.65. The second kappa shape index (κ2) is 10.9. The lowest BCUT2D eigenvalue weighted by molar-refractivity contribution is -0.125. The zero-order valence-electron chi connectivity index (χ0n) is 14.2. The quantitative estimate of drug-likeness (QED) is 0.487. The van der Waals surface area contributed by atoms with E-state index in [1.54, 1.807) is 12.1 Å². The average Bonchev–Trinajstić information content (AvgIpc) is 2.55. The number of benzene rings is 1. The lowest BCUT2D eigenvalue weighted by Crippen LogP contribution is -2.31. The molecule has 7 heteroatoms. The highest BCUT2D eigenvalue weighted by Gasteiger charge is 2.24. The minimum Gasteiger partial charge on any atom is -0.353 e. The first-order chi connectivity index (χ1) is 11.8. The van der Waals surface area contributed by atoms with Crippen LogP contribution in [0.2, 0.25) is 0 Å². The first-order valence-corrected chi connectivity index (χ1v) is 8.26. The molecule has 0 aliphatic rings. The summed E-state index contributed by atoms with van der Waals surface area (Å²) in [5.41, 5.74) is 0.958. The molecule has 0 spiro atoms. The predicted octanol–water partition coefficient (Wildman–Crippen LogP) is 4.10. The van der Waals surface area contributed by atoms with Crippen molar-refractivity contribution in [2.24, 2.45) is 0 Å². The van der Waals surface area contributed by atoms with Gasteiger partial charge in [0.15, 0.2) is 0 Å². The van der Waals surface area contributed by atoms with Gasteiger partial charge in [0.05, 0.1) is 6.42 Å². The molecule has 0 aliphatic heterocycles. The third-order valence-corrected chi connectivity index (χ3v) is 3.65. The second-order valence-corrected chi connectivity index (χ2v) is 5.75. The number of carbonyl (C=O) groups excluding carboxylic acids is 1. The van der Waals surface area contributed by atoms with Gasteiger partial charge in [0.1, 0.15) is 5.82 Å². The maximum atomic E-state index is 12.8. The smallest absolute Gasteiger partial charge is 0.353 e. The maximum Gasteiger partial charge on any atom is 0.392 e. The molecule has 1 atom stereocenters. The normalized spacial score (nSPS) is 13.2. The first kappa shape index (κ1) is 21.2. The Bertz CT molecular complexity index is 541. The Morgan fingerprint density at radius 2 is 1.88 bits per heavy atom. The summed E-state index contributed by atoms with van der Waals surface area (Å²) in [6.07, 6.45) is -1.16. The molecule has 3 nitrogen and oxygen atoms in total. The van der Waals surface area contributed by atoms with Crippen molar-refractivity contribution >= 4 is 5.91 Å². The number of allylic oxidation sites excluding steroid dienone is 1. The summed E-state index contributed by atoms with van der Waals surface area (Å²) in [5.74, 6) is -0.476. The van der Waals surface area contributed by atoms with E-state index in [0.29, 0.717) is 19.4 Å². The molecule has 0 saturated heterocycles. The molecule has 0 unspecified atom stereocenters. The van der Waals surface area contributed by atoms with Gasteiger partial charge >= 0.3 is 6.18 Å². The van der Waals surface area contributed by atoms with E-state index >= 15 is 0 Å². The summed E-state index contributed by atoms with van der Waals surface area (Å²) in [7, 11) is 0. The Morgan fingerprint density at radius 3 is 2.48 bits per heavy atom. The van der Waals surface area contributed by atoms with Crippen molar-refractivity contribution in [1.29, 1.82) is 0 Å². The third kappa shape index (κ3) is 10.6. The number of amides is 1. The monoisotopic (exact) mass is 360 g/mol. The summed E-state index contributed by atoms with van der Waals surface area (Å²) < 4.78 is 48.7. The highest BCUT2D eigenvalue weighted by atomic mass is 19.4. The van der Waals surface area contributed by atoms with Crippen LogP contribution in [-0.2, 0) is 11.3 Å². The lowest BCUT2D eigenvalue weighted by Gasteiger charge is -2.16. The van der Waals surface area contributed by atoms with E-state index in [-0.39, 0.29) is 24.3 Å². The van der Waals surface area contributed by atoms with Crippen LogP contribution in [0.15, 0.2) is 36.4 Å². The Morgan fingerprint density at radius 1 is 1.20 bits per heavy atom. The first-order valence-electron chi connectivity index (χ1n) is 8.26. The Balaban J connectivity index is 2.22. The van der Waals surface area contributed by atoms with Crippen molar-refractivity contribution in [1.82, 2.24) is 10.6 Å². The van der Waals surface area contributed by atoms with Gasteiger partial charge in [0, 0.05) is 25.6 Å². The zero-order valence-corrected chi connectivity index (χ0v) is 14.2. The molecule has 0 aromatic heterocycles. The van der Waals surface area contributed by atoms with Crippen molar-refractivity contribution in [2.75, 3.05) is 6.54 Å². The summed E-state index contributed by atoms with van der Waals surface area (Å²) in [6, 6.07) is 6.34. The molecule has 25 heavy (non-hydrogen) atoms. The fourth-order valence-electron chi connectivity index (χ4n) is 2.18. The molecule has 0 aliphatic carbocycles. The van der Waals surface area contributed by atoms with Gasteiger partial charge in [-0.3, -0.25) is 4.79 Å². The SMILES string of the molecule is CC[C@@H](CCC(=O)NC/C=C/CC(F)(F)F)NCc1ccc(F)cc1. The molecule has 2 N–H and O–H groups in total. The van der Waals surface area contributed by atoms with Gasteiger partial charge in [0.25, 0.3) is 0 Å². The molecule has 1 rings (SSSR count). The highest BCUT2D eigenvalue weighted by Crippen LogP contribution is 2.19. The molecule has 1 amide bonds. The van der Waals surface area contributed by atoms with Crippen molar-refractivity contribution in [3.05, 3.63) is 47.8 Å². The summed E-state index contributed by atoms with van der Waals surface area (Å²) >= 11 is 0. The molecule has 140 valence electrons.